The molecule has 2 heterocycles. The number of nitrogens with zero attached hydrogens (tertiary/aromatic N) is 2. The molecule has 0 atom stereocenters. The number of rotatable bonds is 17. The lowest BCUT2D eigenvalue weighted by atomic mass is 9.93. The molecule has 0 saturated carbocycles. The minimum atomic E-state index is -8.19. The predicted molar refractivity (Wildman–Crippen MR) is 139 cm³/mol. The van der Waals surface area contributed by atoms with Crippen molar-refractivity contribution in [3.05, 3.63) is 47.8 Å². The summed E-state index contributed by atoms with van der Waals surface area (Å²) >= 11 is 0. The van der Waals surface area contributed by atoms with Gasteiger partial charge in [0.2, 0.25) is 0 Å². The Kier molecular flexibility index (Phi) is 13.5. The zero-order valence-corrected chi connectivity index (χ0v) is 27.6. The van der Waals surface area contributed by atoms with Crippen molar-refractivity contribution in [2.45, 2.75) is 84.4 Å². The summed E-state index contributed by atoms with van der Waals surface area (Å²) in [7, 11) is 0. The van der Waals surface area contributed by atoms with Gasteiger partial charge in [-0.25, -0.2) is 9.59 Å². The zero-order valence-electron chi connectivity index (χ0n) is 27.6. The van der Waals surface area contributed by atoms with Gasteiger partial charge < -0.3 is 9.47 Å². The first-order chi connectivity index (χ1) is 26.4. The number of carbonyl (C=O) groups excluding carboxylic acids is 2. The number of hydrogen-bond acceptors (Lipinski definition) is 6. The van der Waals surface area contributed by atoms with Crippen molar-refractivity contribution < 1.29 is 133 Å². The Labute approximate surface area is 312 Å². The molecule has 0 amide bonds. The van der Waals surface area contributed by atoms with E-state index in [1.807, 2.05) is 0 Å². The van der Waals surface area contributed by atoms with E-state index in [2.05, 4.69) is 19.4 Å². The molecule has 342 valence electrons. The minimum absolute atomic E-state index is 0.501. The fraction of sp³-hybridized carbons (Fsp3) is 0.571. The third-order valence-electron chi connectivity index (χ3n) is 7.55. The van der Waals surface area contributed by atoms with Crippen LogP contribution in [0.1, 0.15) is 33.6 Å². The largest absolute Gasteiger partial charge is 0.462 e. The molecule has 0 spiro atoms. The molecule has 0 bridgehead atoms. The Morgan fingerprint density at radius 2 is 0.650 bits per heavy atom. The van der Waals surface area contributed by atoms with E-state index in [1.165, 1.54) is 0 Å². The van der Waals surface area contributed by atoms with Gasteiger partial charge in [-0.1, -0.05) is 0 Å². The van der Waals surface area contributed by atoms with E-state index >= 15 is 0 Å². The topological polar surface area (TPSA) is 78.4 Å². The van der Waals surface area contributed by atoms with E-state index in [-0.39, 0.29) is 0 Å². The first-order valence-corrected chi connectivity index (χ1v) is 14.6. The summed E-state index contributed by atoms with van der Waals surface area (Å²) in [6.07, 6.45) is -20.0. The molecule has 32 heteroatoms. The number of carbonyl (C=O) groups is 2. The summed E-state index contributed by atoms with van der Waals surface area (Å²) in [5, 5.41) is 0. The van der Waals surface area contributed by atoms with E-state index in [0.717, 1.165) is 0 Å². The van der Waals surface area contributed by atoms with Crippen molar-refractivity contribution >= 4 is 11.9 Å². The maximum atomic E-state index is 14.0. The Morgan fingerprint density at radius 3 is 0.900 bits per heavy atom. The van der Waals surface area contributed by atoms with E-state index in [0.29, 0.717) is 36.7 Å². The maximum Gasteiger partial charge on any atom is 0.460 e. The van der Waals surface area contributed by atoms with Gasteiger partial charge in [-0.3, -0.25) is 9.97 Å². The lowest BCUT2D eigenvalue weighted by molar-refractivity contribution is -0.440. The van der Waals surface area contributed by atoms with Crippen LogP contribution in [0.3, 0.4) is 0 Å². The normalized spacial score (nSPS) is 14.9. The average molecular weight is 936 g/mol. The Hall–Kier alpha value is -4.58. The summed E-state index contributed by atoms with van der Waals surface area (Å²) in [6.45, 7) is -4.36. The Bertz CT molecular complexity index is 1740. The summed E-state index contributed by atoms with van der Waals surface area (Å²) in [4.78, 5) is 31.6. The van der Waals surface area contributed by atoms with Crippen molar-refractivity contribution in [3.63, 3.8) is 0 Å². The van der Waals surface area contributed by atoms with Crippen LogP contribution in [-0.4, -0.2) is 107 Å². The number of hydrogen-bond donors (Lipinski definition) is 0. The molecule has 0 aromatic carbocycles. The van der Waals surface area contributed by atoms with Crippen LogP contribution in [0.2, 0.25) is 0 Å². The minimum Gasteiger partial charge on any atom is -0.462 e. The van der Waals surface area contributed by atoms with Crippen LogP contribution in [0.25, 0.3) is 11.4 Å². The SMILES string of the molecule is O=C(OCCC(F)(F)C(F)(F)C(F)(F)C(F)(F)C(F)(F)C(F)(F)F)c1ccnc(-c2cc(C(=O)OCCC(F)(F)C(F)(F)C(F)(F)C(F)(F)C(F)(F)C(F)(F)F)ccn2)c1. The number of pyridine rings is 2. The smallest absolute Gasteiger partial charge is 0.460 e. The molecule has 60 heavy (non-hydrogen) atoms. The summed E-state index contributed by atoms with van der Waals surface area (Å²) < 4.78 is 353. The molecule has 2 rings (SSSR count). The first kappa shape index (κ1) is 51.6. The second-order valence-electron chi connectivity index (χ2n) is 11.6. The van der Waals surface area contributed by atoms with Crippen molar-refractivity contribution in [1.29, 1.82) is 0 Å². The summed E-state index contributed by atoms with van der Waals surface area (Å²) in [6, 6.07) is 2.18. The lowest BCUT2D eigenvalue weighted by Crippen LogP contribution is -2.70. The van der Waals surface area contributed by atoms with Crippen molar-refractivity contribution in [2.24, 2.45) is 0 Å². The van der Waals surface area contributed by atoms with Crippen LogP contribution in [0.15, 0.2) is 36.7 Å². The highest BCUT2D eigenvalue weighted by Gasteiger charge is 2.92. The standard InChI is InChI=1S/C28H14F26N2O4/c29-17(30,19(33,34)21(37,38)23(41,42)25(45,46)27(49,50)51)3-7-59-15(57)11-1-5-55-13(9-11)14-10-12(2-6-56-14)16(58)60-8-4-18(31,32)20(35,36)22(39,40)24(43,44)26(47,48)28(52,53)54/h1-2,5-6,9-10H,3-4,7-8H2. The molecule has 0 unspecified atom stereocenters. The molecule has 6 nitrogen and oxygen atoms in total. The van der Waals surface area contributed by atoms with E-state index < -0.39 is 132 Å². The van der Waals surface area contributed by atoms with Crippen LogP contribution >= 0.6 is 0 Å². The van der Waals surface area contributed by atoms with E-state index in [1.54, 1.807) is 0 Å². The molecule has 0 aliphatic carbocycles. The quantitative estimate of drug-likeness (QED) is 0.116. The molecule has 0 fully saturated rings. The highest BCUT2D eigenvalue weighted by molar-refractivity contribution is 5.92. The molecule has 2 aromatic rings. The fourth-order valence-electron chi connectivity index (χ4n) is 4.02. The maximum absolute atomic E-state index is 14.0. The van der Waals surface area contributed by atoms with Gasteiger partial charge in [0.05, 0.1) is 48.6 Å². The van der Waals surface area contributed by atoms with Gasteiger partial charge in [0.1, 0.15) is 0 Å². The molecule has 0 aliphatic rings. The van der Waals surface area contributed by atoms with Crippen molar-refractivity contribution in [2.75, 3.05) is 13.2 Å². The van der Waals surface area contributed by atoms with Gasteiger partial charge in [0, 0.05) is 12.4 Å². The summed E-state index contributed by atoms with van der Waals surface area (Å²) in [5.74, 6) is -81.1. The highest BCUT2D eigenvalue weighted by Crippen LogP contribution is 2.62. The molecular weight excluding hydrogens is 922 g/mol. The van der Waals surface area contributed by atoms with Crippen molar-refractivity contribution in [1.82, 2.24) is 9.97 Å². The second-order valence-corrected chi connectivity index (χ2v) is 11.6. The van der Waals surface area contributed by atoms with Crippen molar-refractivity contribution in [3.8, 4) is 11.4 Å². The zero-order chi connectivity index (χ0) is 47.4. The predicted octanol–water partition coefficient (Wildman–Crippen LogP) is 10.7. The van der Waals surface area contributed by atoms with Gasteiger partial charge in [0.25, 0.3) is 0 Å². The average Bonchev–Trinajstić information content (AvgIpc) is 3.09. The van der Waals surface area contributed by atoms with Gasteiger partial charge in [-0.15, -0.1) is 0 Å². The second kappa shape index (κ2) is 15.7. The third-order valence-corrected chi connectivity index (χ3v) is 7.55. The van der Waals surface area contributed by atoms with Gasteiger partial charge in [-0.05, 0) is 24.3 Å². The first-order valence-electron chi connectivity index (χ1n) is 14.6. The van der Waals surface area contributed by atoms with Crippen LogP contribution < -0.4 is 0 Å². The van der Waals surface area contributed by atoms with Crippen LogP contribution in [0.5, 0.6) is 0 Å². The van der Waals surface area contributed by atoms with E-state index in [9.17, 15) is 124 Å². The Morgan fingerprint density at radius 1 is 0.400 bits per heavy atom. The number of halogens is 26. The molecule has 0 N–H and O–H groups in total. The number of aromatic nitrogens is 2. The monoisotopic (exact) mass is 936 g/mol. The lowest BCUT2D eigenvalue weighted by Gasteiger charge is -2.39. The fourth-order valence-corrected chi connectivity index (χ4v) is 4.02. The summed E-state index contributed by atoms with van der Waals surface area (Å²) in [5.41, 5.74) is -3.11. The van der Waals surface area contributed by atoms with Crippen LogP contribution in [-0.2, 0) is 9.47 Å². The Balaban J connectivity index is 2.19. The van der Waals surface area contributed by atoms with Gasteiger partial charge >= 0.3 is 83.5 Å². The molecular formula is C28H14F26N2O4. The van der Waals surface area contributed by atoms with Crippen LogP contribution in [0.4, 0.5) is 114 Å². The molecule has 0 aliphatic heterocycles. The highest BCUT2D eigenvalue weighted by atomic mass is 19.4. The number of ether oxygens (including phenoxy) is 2. The molecule has 2 aromatic heterocycles. The van der Waals surface area contributed by atoms with Gasteiger partial charge in [-0.2, -0.15) is 114 Å². The third kappa shape index (κ3) is 8.50. The van der Waals surface area contributed by atoms with E-state index in [4.69, 9.17) is 0 Å². The van der Waals surface area contributed by atoms with Crippen LogP contribution in [0, 0.1) is 0 Å². The number of alkyl halides is 26. The number of esters is 2. The molecule has 0 saturated heterocycles. The van der Waals surface area contributed by atoms with Gasteiger partial charge in [0.15, 0.2) is 0 Å². The molecule has 0 radical (unpaired) electrons.